The summed E-state index contributed by atoms with van der Waals surface area (Å²) < 4.78 is 6.20. The number of amides is 1. The molecule has 0 heterocycles. The summed E-state index contributed by atoms with van der Waals surface area (Å²) in [5.41, 5.74) is 8.80. The van der Waals surface area contributed by atoms with Crippen LogP contribution in [0.1, 0.15) is 60.0 Å². The highest BCUT2D eigenvalue weighted by Crippen LogP contribution is 2.48. The number of hydrogen-bond donors (Lipinski definition) is 2. The lowest BCUT2D eigenvalue weighted by molar-refractivity contribution is 0.0928. The van der Waals surface area contributed by atoms with Gasteiger partial charge in [0, 0.05) is 11.6 Å². The van der Waals surface area contributed by atoms with Crippen molar-refractivity contribution >= 4 is 16.7 Å². The van der Waals surface area contributed by atoms with Gasteiger partial charge < -0.3 is 15.8 Å². The van der Waals surface area contributed by atoms with Gasteiger partial charge in [-0.1, -0.05) is 55.0 Å². The fraction of sp³-hybridized carbons (Fsp3) is 0.370. The first-order valence-corrected chi connectivity index (χ1v) is 11.4. The highest BCUT2D eigenvalue weighted by Gasteiger charge is 2.46. The third kappa shape index (κ3) is 3.92. The zero-order valence-electron chi connectivity index (χ0n) is 18.1. The molecule has 2 fully saturated rings. The Kier molecular flexibility index (Phi) is 5.19. The number of aryl methyl sites for hydroxylation is 1. The van der Waals surface area contributed by atoms with Crippen molar-refractivity contribution in [2.75, 3.05) is 0 Å². The zero-order chi connectivity index (χ0) is 21.4. The molecule has 5 rings (SSSR count). The number of carbonyl (C=O) groups excluding carboxylic acids is 1. The molecule has 4 heteroatoms. The number of nitrogens with one attached hydrogen (secondary N) is 1. The van der Waals surface area contributed by atoms with Gasteiger partial charge in [0.2, 0.25) is 0 Å². The molecule has 2 saturated carbocycles. The maximum Gasteiger partial charge on any atom is 0.252 e. The van der Waals surface area contributed by atoms with Crippen molar-refractivity contribution in [3.63, 3.8) is 0 Å². The Morgan fingerprint density at radius 3 is 2.61 bits per heavy atom. The normalized spacial score (nSPS) is 22.1. The summed E-state index contributed by atoms with van der Waals surface area (Å²) >= 11 is 0. The highest BCUT2D eigenvalue weighted by atomic mass is 16.5. The summed E-state index contributed by atoms with van der Waals surface area (Å²) in [6.45, 7) is 1.97. The smallest absolute Gasteiger partial charge is 0.252 e. The van der Waals surface area contributed by atoms with Crippen LogP contribution < -0.4 is 15.8 Å². The highest BCUT2D eigenvalue weighted by molar-refractivity contribution is 5.97. The van der Waals surface area contributed by atoms with E-state index in [2.05, 4.69) is 47.8 Å². The maximum atomic E-state index is 13.3. The first-order valence-electron chi connectivity index (χ1n) is 11.4. The molecule has 2 aliphatic carbocycles. The van der Waals surface area contributed by atoms with E-state index < -0.39 is 0 Å². The van der Waals surface area contributed by atoms with Crippen molar-refractivity contribution in [1.29, 1.82) is 0 Å². The van der Waals surface area contributed by atoms with Crippen LogP contribution in [0.5, 0.6) is 5.75 Å². The molecule has 0 aromatic heterocycles. The van der Waals surface area contributed by atoms with Crippen LogP contribution >= 0.6 is 0 Å². The van der Waals surface area contributed by atoms with E-state index in [0.717, 1.165) is 43.4 Å². The quantitative estimate of drug-likeness (QED) is 0.602. The SMILES string of the molecule is Cc1ccc(O[C@@H]2CCCC[C@H]2N)cc1C(=O)NC1(c2cccc3ccccc23)CC1. The van der Waals surface area contributed by atoms with Gasteiger partial charge in [0.25, 0.3) is 5.91 Å². The minimum atomic E-state index is -0.285. The van der Waals surface area contributed by atoms with Gasteiger partial charge in [-0.3, -0.25) is 4.79 Å². The van der Waals surface area contributed by atoms with Crippen molar-refractivity contribution in [2.45, 2.75) is 63.1 Å². The van der Waals surface area contributed by atoms with Gasteiger partial charge in [0.15, 0.2) is 0 Å². The van der Waals surface area contributed by atoms with E-state index in [0.29, 0.717) is 5.56 Å². The molecule has 31 heavy (non-hydrogen) atoms. The van der Waals surface area contributed by atoms with E-state index in [1.165, 1.54) is 22.8 Å². The second-order valence-corrected chi connectivity index (χ2v) is 9.14. The summed E-state index contributed by atoms with van der Waals surface area (Å²) in [6, 6.07) is 20.6. The molecule has 160 valence electrons. The Morgan fingerprint density at radius 2 is 1.81 bits per heavy atom. The molecule has 1 amide bonds. The van der Waals surface area contributed by atoms with Crippen LogP contribution in [0.25, 0.3) is 10.8 Å². The summed E-state index contributed by atoms with van der Waals surface area (Å²) in [7, 11) is 0. The van der Waals surface area contributed by atoms with E-state index in [1.807, 2.05) is 25.1 Å². The lowest BCUT2D eigenvalue weighted by Crippen LogP contribution is -2.41. The number of hydrogen-bond acceptors (Lipinski definition) is 3. The molecule has 3 N–H and O–H groups in total. The van der Waals surface area contributed by atoms with Gasteiger partial charge in [-0.2, -0.15) is 0 Å². The number of ether oxygens (including phenoxy) is 1. The third-order valence-corrected chi connectivity index (χ3v) is 6.90. The van der Waals surface area contributed by atoms with Crippen LogP contribution in [0, 0.1) is 6.92 Å². The molecule has 0 saturated heterocycles. The number of rotatable bonds is 5. The summed E-state index contributed by atoms with van der Waals surface area (Å²) in [5, 5.41) is 5.77. The largest absolute Gasteiger partial charge is 0.489 e. The lowest BCUT2D eigenvalue weighted by atomic mass is 9.93. The van der Waals surface area contributed by atoms with Gasteiger partial charge >= 0.3 is 0 Å². The van der Waals surface area contributed by atoms with Crippen LogP contribution in [-0.2, 0) is 5.54 Å². The number of nitrogens with two attached hydrogens (primary N) is 1. The zero-order valence-corrected chi connectivity index (χ0v) is 18.1. The number of fused-ring (bicyclic) bond motifs is 1. The Balaban J connectivity index is 1.39. The maximum absolute atomic E-state index is 13.3. The van der Waals surface area contributed by atoms with Crippen molar-refractivity contribution in [1.82, 2.24) is 5.32 Å². The fourth-order valence-electron chi connectivity index (χ4n) is 4.88. The van der Waals surface area contributed by atoms with Gasteiger partial charge in [0.05, 0.1) is 5.54 Å². The molecular weight excluding hydrogens is 384 g/mol. The molecule has 0 bridgehead atoms. The van der Waals surface area contributed by atoms with E-state index in [4.69, 9.17) is 10.5 Å². The third-order valence-electron chi connectivity index (χ3n) is 6.90. The van der Waals surface area contributed by atoms with Gasteiger partial charge in [-0.15, -0.1) is 0 Å². The second-order valence-electron chi connectivity index (χ2n) is 9.14. The fourth-order valence-corrected chi connectivity index (χ4v) is 4.88. The van der Waals surface area contributed by atoms with Gasteiger partial charge in [0.1, 0.15) is 11.9 Å². The van der Waals surface area contributed by atoms with Crippen molar-refractivity contribution in [3.8, 4) is 5.75 Å². The predicted octanol–water partition coefficient (Wildman–Crippen LogP) is 5.22. The van der Waals surface area contributed by atoms with Crippen molar-refractivity contribution < 1.29 is 9.53 Å². The Morgan fingerprint density at radius 1 is 1.03 bits per heavy atom. The minimum absolute atomic E-state index is 0.0258. The van der Waals surface area contributed by atoms with E-state index in [1.54, 1.807) is 0 Å². The molecule has 0 aliphatic heterocycles. The van der Waals surface area contributed by atoms with Crippen LogP contribution in [0.3, 0.4) is 0 Å². The summed E-state index contributed by atoms with van der Waals surface area (Å²) in [5.74, 6) is 0.689. The van der Waals surface area contributed by atoms with Crippen molar-refractivity contribution in [2.24, 2.45) is 5.73 Å². The molecule has 0 unspecified atom stereocenters. The average molecular weight is 415 g/mol. The van der Waals surface area contributed by atoms with Gasteiger partial charge in [-0.05, 0) is 73.1 Å². The first-order chi connectivity index (χ1) is 15.1. The molecule has 2 aliphatic rings. The Bertz CT molecular complexity index is 1110. The van der Waals surface area contributed by atoms with Crippen LogP contribution in [-0.4, -0.2) is 18.1 Å². The van der Waals surface area contributed by atoms with Gasteiger partial charge in [-0.25, -0.2) is 0 Å². The standard InChI is InChI=1S/C27H30N2O2/c1-18-13-14-20(31-25-12-5-4-11-24(25)28)17-22(18)26(30)29-27(15-16-27)23-10-6-8-19-7-2-3-9-21(19)23/h2-3,6-10,13-14,17,24-25H,4-5,11-12,15-16,28H2,1H3,(H,29,30)/t24-,25-/m1/s1. The molecular formula is C27H30N2O2. The van der Waals surface area contributed by atoms with Crippen molar-refractivity contribution in [3.05, 3.63) is 77.4 Å². The summed E-state index contributed by atoms with van der Waals surface area (Å²) in [6.07, 6.45) is 6.22. The Hall–Kier alpha value is -2.85. The molecule has 3 aromatic carbocycles. The first kappa shape index (κ1) is 20.1. The molecule has 2 atom stereocenters. The lowest BCUT2D eigenvalue weighted by Gasteiger charge is -2.29. The monoisotopic (exact) mass is 414 g/mol. The van der Waals surface area contributed by atoms with E-state index >= 15 is 0 Å². The number of benzene rings is 3. The molecule has 0 spiro atoms. The number of carbonyl (C=O) groups is 1. The minimum Gasteiger partial charge on any atom is -0.489 e. The van der Waals surface area contributed by atoms with E-state index in [9.17, 15) is 4.79 Å². The molecule has 0 radical (unpaired) electrons. The van der Waals surface area contributed by atoms with Crippen LogP contribution in [0.15, 0.2) is 60.7 Å². The Labute approximate surface area is 183 Å². The molecule has 4 nitrogen and oxygen atoms in total. The predicted molar refractivity (Wildman–Crippen MR) is 124 cm³/mol. The summed E-state index contributed by atoms with van der Waals surface area (Å²) in [4.78, 5) is 13.3. The van der Waals surface area contributed by atoms with E-state index in [-0.39, 0.29) is 23.6 Å². The van der Waals surface area contributed by atoms with Crippen LogP contribution in [0.4, 0.5) is 0 Å². The van der Waals surface area contributed by atoms with Crippen LogP contribution in [0.2, 0.25) is 0 Å². The average Bonchev–Trinajstić information content (AvgIpc) is 3.56. The second kappa shape index (κ2) is 8.01. The topological polar surface area (TPSA) is 64.3 Å². The molecule has 3 aromatic rings.